The standard InChI is InChI=1S/C10H17N3OS/c11-7-10(9-1-6-15-8-9)12-13-2-4-14-5-3-13/h1,6,8,10,12H,2-5,7,11H2. The third-order valence-corrected chi connectivity index (χ3v) is 3.23. The Labute approximate surface area is 94.0 Å². The quantitative estimate of drug-likeness (QED) is 0.790. The summed E-state index contributed by atoms with van der Waals surface area (Å²) in [5.41, 5.74) is 10.5. The summed E-state index contributed by atoms with van der Waals surface area (Å²) < 4.78 is 5.29. The second kappa shape index (κ2) is 5.58. The zero-order valence-electron chi connectivity index (χ0n) is 8.69. The van der Waals surface area contributed by atoms with Crippen LogP contribution in [0, 0.1) is 0 Å². The van der Waals surface area contributed by atoms with Gasteiger partial charge in [0.2, 0.25) is 0 Å². The van der Waals surface area contributed by atoms with E-state index in [0.717, 1.165) is 26.3 Å². The van der Waals surface area contributed by atoms with Crippen LogP contribution in [0.15, 0.2) is 16.8 Å². The van der Waals surface area contributed by atoms with Crippen LogP contribution in [0.1, 0.15) is 11.6 Å². The Kier molecular flexibility index (Phi) is 4.10. The summed E-state index contributed by atoms with van der Waals surface area (Å²) in [5, 5.41) is 6.42. The smallest absolute Gasteiger partial charge is 0.0608 e. The summed E-state index contributed by atoms with van der Waals surface area (Å²) in [7, 11) is 0. The molecule has 0 saturated carbocycles. The average Bonchev–Trinajstić information content (AvgIpc) is 2.81. The molecule has 0 aliphatic carbocycles. The van der Waals surface area contributed by atoms with E-state index in [9.17, 15) is 0 Å². The Hall–Kier alpha value is -0.460. The Morgan fingerprint density at radius 1 is 1.53 bits per heavy atom. The van der Waals surface area contributed by atoms with Crippen LogP contribution in [-0.2, 0) is 4.74 Å². The minimum atomic E-state index is 0.231. The number of hydrazine groups is 1. The Balaban J connectivity index is 1.90. The summed E-state index contributed by atoms with van der Waals surface area (Å²) in [4.78, 5) is 0. The molecular formula is C10H17N3OS. The van der Waals surface area contributed by atoms with E-state index in [4.69, 9.17) is 10.5 Å². The Bertz CT molecular complexity index is 272. The highest BCUT2D eigenvalue weighted by Crippen LogP contribution is 2.15. The highest BCUT2D eigenvalue weighted by Gasteiger charge is 2.16. The van der Waals surface area contributed by atoms with Gasteiger partial charge in [0.15, 0.2) is 0 Å². The summed E-state index contributed by atoms with van der Waals surface area (Å²) in [6, 6.07) is 2.35. The zero-order chi connectivity index (χ0) is 10.5. The number of hydrogen-bond acceptors (Lipinski definition) is 5. The third-order valence-electron chi connectivity index (χ3n) is 2.53. The number of morpholine rings is 1. The van der Waals surface area contributed by atoms with Crippen molar-refractivity contribution in [3.05, 3.63) is 22.4 Å². The van der Waals surface area contributed by atoms with Gasteiger partial charge in [0.25, 0.3) is 0 Å². The summed E-state index contributed by atoms with van der Waals surface area (Å²) in [6.07, 6.45) is 0. The first kappa shape index (κ1) is 11.0. The number of nitrogens with one attached hydrogen (secondary N) is 1. The molecule has 1 aromatic rings. The number of hydrogen-bond donors (Lipinski definition) is 2. The SMILES string of the molecule is NCC(NN1CCOCC1)c1ccsc1. The first-order chi connectivity index (χ1) is 7.40. The first-order valence-corrected chi connectivity index (χ1v) is 6.15. The van der Waals surface area contributed by atoms with Crippen molar-refractivity contribution in [1.82, 2.24) is 10.4 Å². The molecule has 1 aliphatic heterocycles. The number of rotatable bonds is 4. The van der Waals surface area contributed by atoms with E-state index in [2.05, 4.69) is 27.3 Å². The van der Waals surface area contributed by atoms with Gasteiger partial charge in [0.05, 0.1) is 19.3 Å². The predicted octanol–water partition coefficient (Wildman–Crippen LogP) is 0.585. The number of ether oxygens (including phenoxy) is 1. The fourth-order valence-corrected chi connectivity index (χ4v) is 2.36. The van der Waals surface area contributed by atoms with Crippen LogP contribution >= 0.6 is 11.3 Å². The summed E-state index contributed by atoms with van der Waals surface area (Å²) in [6.45, 7) is 4.08. The maximum Gasteiger partial charge on any atom is 0.0608 e. The van der Waals surface area contributed by atoms with Crippen molar-refractivity contribution >= 4 is 11.3 Å². The lowest BCUT2D eigenvalue weighted by molar-refractivity contribution is 0.00408. The van der Waals surface area contributed by atoms with Crippen LogP contribution in [0.3, 0.4) is 0 Å². The minimum Gasteiger partial charge on any atom is -0.379 e. The Morgan fingerprint density at radius 3 is 2.93 bits per heavy atom. The monoisotopic (exact) mass is 227 g/mol. The lowest BCUT2D eigenvalue weighted by atomic mass is 10.2. The van der Waals surface area contributed by atoms with E-state index in [1.807, 2.05) is 0 Å². The van der Waals surface area contributed by atoms with E-state index in [1.54, 1.807) is 11.3 Å². The largest absolute Gasteiger partial charge is 0.379 e. The molecule has 1 aromatic heterocycles. The van der Waals surface area contributed by atoms with Crippen molar-refractivity contribution < 1.29 is 4.74 Å². The second-order valence-corrected chi connectivity index (χ2v) is 4.35. The van der Waals surface area contributed by atoms with Crippen molar-refractivity contribution in [3.63, 3.8) is 0 Å². The highest BCUT2D eigenvalue weighted by molar-refractivity contribution is 7.07. The van der Waals surface area contributed by atoms with Crippen LogP contribution in [0.2, 0.25) is 0 Å². The molecule has 0 spiro atoms. The van der Waals surface area contributed by atoms with Crippen molar-refractivity contribution in [2.24, 2.45) is 5.73 Å². The number of nitrogens with zero attached hydrogens (tertiary/aromatic N) is 1. The van der Waals surface area contributed by atoms with Gasteiger partial charge in [-0.25, -0.2) is 10.4 Å². The van der Waals surface area contributed by atoms with Gasteiger partial charge in [0, 0.05) is 19.6 Å². The van der Waals surface area contributed by atoms with E-state index < -0.39 is 0 Å². The van der Waals surface area contributed by atoms with Gasteiger partial charge in [-0.1, -0.05) is 0 Å². The molecule has 1 unspecified atom stereocenters. The van der Waals surface area contributed by atoms with E-state index in [-0.39, 0.29) is 6.04 Å². The van der Waals surface area contributed by atoms with Crippen LogP contribution in [0.4, 0.5) is 0 Å². The lowest BCUT2D eigenvalue weighted by Gasteiger charge is -2.31. The van der Waals surface area contributed by atoms with Gasteiger partial charge in [0.1, 0.15) is 0 Å². The maximum absolute atomic E-state index is 5.77. The van der Waals surface area contributed by atoms with E-state index in [0.29, 0.717) is 6.54 Å². The normalized spacial score (nSPS) is 20.3. The molecule has 1 atom stereocenters. The summed E-state index contributed by atoms with van der Waals surface area (Å²) >= 11 is 1.71. The van der Waals surface area contributed by atoms with Gasteiger partial charge >= 0.3 is 0 Å². The first-order valence-electron chi connectivity index (χ1n) is 5.21. The summed E-state index contributed by atoms with van der Waals surface area (Å²) in [5.74, 6) is 0. The molecule has 5 heteroatoms. The maximum atomic E-state index is 5.77. The molecule has 15 heavy (non-hydrogen) atoms. The van der Waals surface area contributed by atoms with Crippen LogP contribution in [0.5, 0.6) is 0 Å². The Morgan fingerprint density at radius 2 is 2.33 bits per heavy atom. The topological polar surface area (TPSA) is 50.5 Å². The van der Waals surface area contributed by atoms with Crippen molar-refractivity contribution in [2.45, 2.75) is 6.04 Å². The highest BCUT2D eigenvalue weighted by atomic mass is 32.1. The average molecular weight is 227 g/mol. The molecular weight excluding hydrogens is 210 g/mol. The molecule has 0 aromatic carbocycles. The van der Waals surface area contributed by atoms with Gasteiger partial charge in [-0.15, -0.1) is 0 Å². The van der Waals surface area contributed by atoms with E-state index >= 15 is 0 Å². The molecule has 4 nitrogen and oxygen atoms in total. The minimum absolute atomic E-state index is 0.231. The molecule has 1 aliphatic rings. The van der Waals surface area contributed by atoms with Gasteiger partial charge in [-0.3, -0.25) is 0 Å². The third kappa shape index (κ3) is 2.99. The lowest BCUT2D eigenvalue weighted by Crippen LogP contribution is -2.48. The fourth-order valence-electron chi connectivity index (χ4n) is 1.65. The second-order valence-electron chi connectivity index (χ2n) is 3.57. The molecule has 1 saturated heterocycles. The van der Waals surface area contributed by atoms with Crippen molar-refractivity contribution in [2.75, 3.05) is 32.8 Å². The van der Waals surface area contributed by atoms with Gasteiger partial charge in [-0.05, 0) is 22.4 Å². The molecule has 2 rings (SSSR count). The van der Waals surface area contributed by atoms with Crippen LogP contribution in [-0.4, -0.2) is 37.9 Å². The molecule has 0 radical (unpaired) electrons. The van der Waals surface area contributed by atoms with E-state index in [1.165, 1.54) is 5.56 Å². The molecule has 84 valence electrons. The van der Waals surface area contributed by atoms with Crippen LogP contribution < -0.4 is 11.2 Å². The van der Waals surface area contributed by atoms with Crippen molar-refractivity contribution in [3.8, 4) is 0 Å². The molecule has 3 N–H and O–H groups in total. The molecule has 0 amide bonds. The number of nitrogens with two attached hydrogens (primary N) is 1. The fraction of sp³-hybridized carbons (Fsp3) is 0.600. The molecule has 0 bridgehead atoms. The van der Waals surface area contributed by atoms with Gasteiger partial charge < -0.3 is 10.5 Å². The van der Waals surface area contributed by atoms with Crippen LogP contribution in [0.25, 0.3) is 0 Å². The number of thiophene rings is 1. The zero-order valence-corrected chi connectivity index (χ0v) is 9.50. The predicted molar refractivity (Wildman–Crippen MR) is 61.6 cm³/mol. The van der Waals surface area contributed by atoms with Crippen molar-refractivity contribution in [1.29, 1.82) is 0 Å². The molecule has 1 fully saturated rings. The van der Waals surface area contributed by atoms with Gasteiger partial charge in [-0.2, -0.15) is 11.3 Å². The molecule has 2 heterocycles.